The van der Waals surface area contributed by atoms with E-state index in [0.29, 0.717) is 17.3 Å². The Hall–Kier alpha value is -2.32. The number of carbonyl (C=O) groups excluding carboxylic acids is 1. The second kappa shape index (κ2) is 7.60. The van der Waals surface area contributed by atoms with Gasteiger partial charge in [-0.25, -0.2) is 8.42 Å². The van der Waals surface area contributed by atoms with E-state index in [1.54, 1.807) is 6.07 Å². The van der Waals surface area contributed by atoms with Gasteiger partial charge in [0, 0.05) is 23.0 Å². The van der Waals surface area contributed by atoms with Crippen LogP contribution in [0.15, 0.2) is 57.8 Å². The van der Waals surface area contributed by atoms with Crippen molar-refractivity contribution in [1.29, 1.82) is 0 Å². The summed E-state index contributed by atoms with van der Waals surface area (Å²) >= 11 is 1.30. The summed E-state index contributed by atoms with van der Waals surface area (Å²) in [5.74, 6) is -0.110. The monoisotopic (exact) mass is 415 g/mol. The van der Waals surface area contributed by atoms with Crippen molar-refractivity contribution < 1.29 is 13.2 Å². The van der Waals surface area contributed by atoms with Crippen LogP contribution in [0.1, 0.15) is 29.3 Å². The molecule has 0 saturated heterocycles. The average Bonchev–Trinajstić information content (AvgIpc) is 3.02. The van der Waals surface area contributed by atoms with Gasteiger partial charge in [-0.05, 0) is 55.3 Å². The molecule has 4 rings (SSSR count). The normalized spacial score (nSPS) is 18.0. The molecule has 28 heavy (non-hydrogen) atoms. The summed E-state index contributed by atoms with van der Waals surface area (Å²) < 4.78 is 27.3. The summed E-state index contributed by atoms with van der Waals surface area (Å²) in [6.07, 6.45) is 1.77. The molecule has 0 bridgehead atoms. The van der Waals surface area contributed by atoms with Crippen molar-refractivity contribution in [3.8, 4) is 0 Å². The summed E-state index contributed by atoms with van der Waals surface area (Å²) in [5.41, 5.74) is 2.73. The van der Waals surface area contributed by atoms with Crippen LogP contribution >= 0.6 is 11.8 Å². The zero-order chi connectivity index (χ0) is 19.7. The molecule has 2 heterocycles. The first-order valence-electron chi connectivity index (χ1n) is 9.18. The molecule has 0 fully saturated rings. The Kier molecular flexibility index (Phi) is 5.16. The molecule has 2 aromatic rings. The Morgan fingerprint density at radius 1 is 1.25 bits per heavy atom. The molecule has 0 aliphatic carbocycles. The van der Waals surface area contributed by atoms with Gasteiger partial charge in [0.1, 0.15) is 0 Å². The van der Waals surface area contributed by atoms with Crippen LogP contribution in [0.4, 0.5) is 5.69 Å². The third kappa shape index (κ3) is 4.07. The van der Waals surface area contributed by atoms with Crippen molar-refractivity contribution >= 4 is 38.5 Å². The number of fused-ring (bicyclic) bond motifs is 3. The summed E-state index contributed by atoms with van der Waals surface area (Å²) in [7, 11) is -3.38. The zero-order valence-electron chi connectivity index (χ0n) is 15.5. The van der Waals surface area contributed by atoms with Gasteiger partial charge in [-0.1, -0.05) is 30.3 Å². The number of sulfonamides is 1. The number of hydrogen-bond donors (Lipinski definition) is 1. The van der Waals surface area contributed by atoms with E-state index in [0.717, 1.165) is 23.4 Å². The fourth-order valence-corrected chi connectivity index (χ4v) is 5.58. The number of carbonyl (C=O) groups is 1. The molecule has 2 aromatic carbocycles. The minimum absolute atomic E-state index is 0.0116. The number of nitrogens with one attached hydrogen (secondary N) is 1. The lowest BCUT2D eigenvalue weighted by Gasteiger charge is -2.22. The van der Waals surface area contributed by atoms with E-state index in [2.05, 4.69) is 21.8 Å². The molecule has 6 nitrogen and oxygen atoms in total. The predicted molar refractivity (Wildman–Crippen MR) is 113 cm³/mol. The SMILES string of the molecule is C[C@H](CCc1ccccc1)NC(=O)c1ccc2c(c1)SC1=NS(=O)(=O)CCN12. The van der Waals surface area contributed by atoms with E-state index in [-0.39, 0.29) is 17.7 Å². The van der Waals surface area contributed by atoms with Crippen LogP contribution in [0.25, 0.3) is 0 Å². The van der Waals surface area contributed by atoms with Gasteiger partial charge in [-0.2, -0.15) is 0 Å². The maximum Gasteiger partial charge on any atom is 0.257 e. The van der Waals surface area contributed by atoms with Crippen LogP contribution in [-0.2, 0) is 16.4 Å². The molecule has 2 aliphatic rings. The van der Waals surface area contributed by atoms with E-state index in [1.165, 1.54) is 17.3 Å². The lowest BCUT2D eigenvalue weighted by atomic mass is 10.1. The zero-order valence-corrected chi connectivity index (χ0v) is 17.1. The highest BCUT2D eigenvalue weighted by atomic mass is 32.2. The molecule has 0 unspecified atom stereocenters. The van der Waals surface area contributed by atoms with Crippen LogP contribution < -0.4 is 10.2 Å². The van der Waals surface area contributed by atoms with Gasteiger partial charge >= 0.3 is 0 Å². The average molecular weight is 416 g/mol. The third-order valence-electron chi connectivity index (χ3n) is 4.82. The number of amides is 1. The molecule has 146 valence electrons. The van der Waals surface area contributed by atoms with Gasteiger partial charge in [0.2, 0.25) is 0 Å². The molecule has 0 radical (unpaired) electrons. The molecular formula is C20H21N3O3S2. The van der Waals surface area contributed by atoms with Crippen molar-refractivity contribution in [1.82, 2.24) is 5.32 Å². The first kappa shape index (κ1) is 19.0. The number of anilines is 1. The van der Waals surface area contributed by atoms with Gasteiger partial charge in [0.05, 0.1) is 11.4 Å². The second-order valence-corrected chi connectivity index (χ2v) is 9.76. The second-order valence-electron chi connectivity index (χ2n) is 6.99. The van der Waals surface area contributed by atoms with E-state index in [9.17, 15) is 13.2 Å². The maximum atomic E-state index is 12.6. The van der Waals surface area contributed by atoms with Crippen LogP contribution in [0, 0.1) is 0 Å². The van der Waals surface area contributed by atoms with Crippen LogP contribution in [0.2, 0.25) is 0 Å². The largest absolute Gasteiger partial charge is 0.350 e. The lowest BCUT2D eigenvalue weighted by molar-refractivity contribution is 0.0938. The first-order chi connectivity index (χ1) is 13.4. The number of hydrogen-bond acceptors (Lipinski definition) is 5. The van der Waals surface area contributed by atoms with Crippen LogP contribution in [-0.4, -0.2) is 37.8 Å². The van der Waals surface area contributed by atoms with Gasteiger partial charge in [-0.15, -0.1) is 4.40 Å². The number of amidine groups is 1. The number of thioether (sulfide) groups is 1. The number of benzene rings is 2. The van der Waals surface area contributed by atoms with E-state index < -0.39 is 10.0 Å². The number of rotatable bonds is 5. The number of aryl methyl sites for hydroxylation is 1. The van der Waals surface area contributed by atoms with Gasteiger partial charge in [-0.3, -0.25) is 4.79 Å². The quantitative estimate of drug-likeness (QED) is 0.812. The molecule has 0 saturated carbocycles. The highest BCUT2D eigenvalue weighted by molar-refractivity contribution is 8.15. The smallest absolute Gasteiger partial charge is 0.257 e. The minimum Gasteiger partial charge on any atom is -0.350 e. The van der Waals surface area contributed by atoms with E-state index in [1.807, 2.05) is 42.2 Å². The van der Waals surface area contributed by atoms with Crippen LogP contribution in [0.3, 0.4) is 0 Å². The Bertz CT molecular complexity index is 1040. The summed E-state index contributed by atoms with van der Waals surface area (Å²) in [6.45, 7) is 2.39. The van der Waals surface area contributed by atoms with Crippen molar-refractivity contribution in [2.24, 2.45) is 4.40 Å². The molecule has 2 aliphatic heterocycles. The molecule has 8 heteroatoms. The Morgan fingerprint density at radius 2 is 2.04 bits per heavy atom. The van der Waals surface area contributed by atoms with Gasteiger partial charge in [0.15, 0.2) is 5.17 Å². The molecule has 1 N–H and O–H groups in total. The Balaban J connectivity index is 1.41. The third-order valence-corrected chi connectivity index (χ3v) is 7.13. The van der Waals surface area contributed by atoms with Crippen molar-refractivity contribution in [3.63, 3.8) is 0 Å². The van der Waals surface area contributed by atoms with Crippen molar-refractivity contribution in [2.45, 2.75) is 30.7 Å². The van der Waals surface area contributed by atoms with Crippen molar-refractivity contribution in [2.75, 3.05) is 17.2 Å². The topological polar surface area (TPSA) is 78.8 Å². The summed E-state index contributed by atoms with van der Waals surface area (Å²) in [5, 5.41) is 3.51. The first-order valence-corrected chi connectivity index (χ1v) is 11.6. The predicted octanol–water partition coefficient (Wildman–Crippen LogP) is 3.05. The molecule has 0 aromatic heterocycles. The Morgan fingerprint density at radius 3 is 2.82 bits per heavy atom. The minimum atomic E-state index is -3.38. The highest BCUT2D eigenvalue weighted by Crippen LogP contribution is 2.42. The lowest BCUT2D eigenvalue weighted by Crippen LogP contribution is -2.35. The summed E-state index contributed by atoms with van der Waals surface area (Å²) in [6, 6.07) is 15.7. The van der Waals surface area contributed by atoms with Crippen molar-refractivity contribution in [3.05, 3.63) is 59.7 Å². The van der Waals surface area contributed by atoms with E-state index in [4.69, 9.17) is 0 Å². The highest BCUT2D eigenvalue weighted by Gasteiger charge is 2.33. The maximum absolute atomic E-state index is 12.6. The molecular weight excluding hydrogens is 394 g/mol. The molecule has 1 atom stereocenters. The Labute approximate surface area is 169 Å². The van der Waals surface area contributed by atoms with Gasteiger partial charge < -0.3 is 10.2 Å². The fourth-order valence-electron chi connectivity index (χ4n) is 3.28. The van der Waals surface area contributed by atoms with Crippen LogP contribution in [0.5, 0.6) is 0 Å². The standard InChI is InChI=1S/C20H21N3O3S2/c1-14(7-8-15-5-3-2-4-6-15)21-19(24)16-9-10-17-18(13-16)27-20-22-28(25,26)12-11-23(17)20/h2-6,9-10,13-14H,7-8,11-12H2,1H3,(H,21,24)/t14-/m1/s1. The molecule has 1 amide bonds. The number of nitrogens with zero attached hydrogens (tertiary/aromatic N) is 2. The fraction of sp³-hybridized carbons (Fsp3) is 0.300. The molecule has 0 spiro atoms. The van der Waals surface area contributed by atoms with E-state index >= 15 is 0 Å². The van der Waals surface area contributed by atoms with Gasteiger partial charge in [0.25, 0.3) is 15.9 Å². The summed E-state index contributed by atoms with van der Waals surface area (Å²) in [4.78, 5) is 15.4.